The summed E-state index contributed by atoms with van der Waals surface area (Å²) in [4.78, 5) is 19.4. The Morgan fingerprint density at radius 1 is 1.33 bits per heavy atom. The summed E-state index contributed by atoms with van der Waals surface area (Å²) >= 11 is 5.98. The summed E-state index contributed by atoms with van der Waals surface area (Å²) in [5, 5.41) is 4.73. The second-order valence-corrected chi connectivity index (χ2v) is 6.59. The molecule has 0 aliphatic heterocycles. The SMILES string of the molecule is CC1(NCc2nc3cc(Cl)ccc3c(=O)[nH]2)CCCCC1. The van der Waals surface area contributed by atoms with Crippen molar-refractivity contribution in [3.63, 3.8) is 0 Å². The van der Waals surface area contributed by atoms with Crippen LogP contribution in [0.25, 0.3) is 10.9 Å². The first kappa shape index (κ1) is 14.5. The maximum atomic E-state index is 12.1. The van der Waals surface area contributed by atoms with Gasteiger partial charge in [-0.3, -0.25) is 4.79 Å². The predicted octanol–water partition coefficient (Wildman–Crippen LogP) is 3.39. The first-order valence-electron chi connectivity index (χ1n) is 7.49. The molecule has 3 rings (SSSR count). The van der Waals surface area contributed by atoms with Crippen molar-refractivity contribution in [2.24, 2.45) is 0 Å². The zero-order valence-corrected chi connectivity index (χ0v) is 13.0. The van der Waals surface area contributed by atoms with Crippen molar-refractivity contribution in [2.45, 2.75) is 51.1 Å². The van der Waals surface area contributed by atoms with Crippen molar-refractivity contribution in [1.82, 2.24) is 15.3 Å². The van der Waals surface area contributed by atoms with Crippen LogP contribution in [0.15, 0.2) is 23.0 Å². The Bertz CT molecular complexity index is 704. The van der Waals surface area contributed by atoms with Crippen LogP contribution in [0.3, 0.4) is 0 Å². The molecule has 2 N–H and O–H groups in total. The van der Waals surface area contributed by atoms with Crippen molar-refractivity contribution in [2.75, 3.05) is 0 Å². The molecule has 1 aliphatic carbocycles. The molecule has 0 bridgehead atoms. The van der Waals surface area contributed by atoms with E-state index in [1.165, 1.54) is 32.1 Å². The van der Waals surface area contributed by atoms with Crippen molar-refractivity contribution in [3.8, 4) is 0 Å². The molecule has 2 aromatic rings. The molecule has 1 fully saturated rings. The van der Waals surface area contributed by atoms with E-state index >= 15 is 0 Å². The van der Waals surface area contributed by atoms with E-state index in [1.807, 2.05) is 0 Å². The summed E-state index contributed by atoms with van der Waals surface area (Å²) in [5.41, 5.74) is 0.694. The zero-order valence-electron chi connectivity index (χ0n) is 12.2. The molecule has 0 radical (unpaired) electrons. The van der Waals surface area contributed by atoms with E-state index in [4.69, 9.17) is 11.6 Å². The number of nitrogens with one attached hydrogen (secondary N) is 2. The van der Waals surface area contributed by atoms with Gasteiger partial charge in [-0.15, -0.1) is 0 Å². The lowest BCUT2D eigenvalue weighted by Crippen LogP contribution is -2.43. The van der Waals surface area contributed by atoms with Crippen LogP contribution in [0.4, 0.5) is 0 Å². The van der Waals surface area contributed by atoms with Crippen LogP contribution >= 0.6 is 11.6 Å². The summed E-state index contributed by atoms with van der Waals surface area (Å²) < 4.78 is 0. The zero-order chi connectivity index (χ0) is 14.9. The molecular formula is C16H20ClN3O. The average molecular weight is 306 g/mol. The van der Waals surface area contributed by atoms with Gasteiger partial charge in [0, 0.05) is 10.6 Å². The van der Waals surface area contributed by atoms with Gasteiger partial charge in [0.25, 0.3) is 5.56 Å². The maximum Gasteiger partial charge on any atom is 0.258 e. The Kier molecular flexibility index (Phi) is 4.00. The van der Waals surface area contributed by atoms with Crippen LogP contribution in [-0.4, -0.2) is 15.5 Å². The van der Waals surface area contributed by atoms with E-state index in [2.05, 4.69) is 22.2 Å². The number of hydrogen-bond donors (Lipinski definition) is 2. The van der Waals surface area contributed by atoms with Crippen molar-refractivity contribution < 1.29 is 0 Å². The van der Waals surface area contributed by atoms with Crippen LogP contribution in [0, 0.1) is 0 Å². The number of hydrogen-bond acceptors (Lipinski definition) is 3. The fourth-order valence-electron chi connectivity index (χ4n) is 3.05. The Morgan fingerprint density at radius 2 is 2.10 bits per heavy atom. The van der Waals surface area contributed by atoms with Gasteiger partial charge in [-0.1, -0.05) is 30.9 Å². The Morgan fingerprint density at radius 3 is 2.86 bits per heavy atom. The third-order valence-electron chi connectivity index (χ3n) is 4.36. The molecule has 0 spiro atoms. The van der Waals surface area contributed by atoms with Gasteiger partial charge in [0.15, 0.2) is 0 Å². The minimum Gasteiger partial charge on any atom is -0.309 e. The highest BCUT2D eigenvalue weighted by Crippen LogP contribution is 2.27. The second kappa shape index (κ2) is 5.78. The molecular weight excluding hydrogens is 286 g/mol. The second-order valence-electron chi connectivity index (χ2n) is 6.15. The first-order chi connectivity index (χ1) is 10.1. The van der Waals surface area contributed by atoms with Crippen molar-refractivity contribution in [1.29, 1.82) is 0 Å². The molecule has 0 atom stereocenters. The quantitative estimate of drug-likeness (QED) is 0.914. The molecule has 1 saturated carbocycles. The molecule has 0 saturated heterocycles. The molecule has 21 heavy (non-hydrogen) atoms. The summed E-state index contributed by atoms with van der Waals surface area (Å²) in [6.07, 6.45) is 6.20. The number of rotatable bonds is 3. The van der Waals surface area contributed by atoms with Crippen LogP contribution in [-0.2, 0) is 6.54 Å². The Hall–Kier alpha value is -1.39. The highest BCUT2D eigenvalue weighted by Gasteiger charge is 2.26. The van der Waals surface area contributed by atoms with Crippen molar-refractivity contribution >= 4 is 22.5 Å². The fraction of sp³-hybridized carbons (Fsp3) is 0.500. The van der Waals surface area contributed by atoms with Crippen LogP contribution < -0.4 is 10.9 Å². The lowest BCUT2D eigenvalue weighted by Gasteiger charge is -2.34. The van der Waals surface area contributed by atoms with E-state index in [0.29, 0.717) is 28.3 Å². The van der Waals surface area contributed by atoms with Crippen LogP contribution in [0.5, 0.6) is 0 Å². The smallest absolute Gasteiger partial charge is 0.258 e. The summed E-state index contributed by atoms with van der Waals surface area (Å²) in [7, 11) is 0. The number of H-pyrrole nitrogens is 1. The summed E-state index contributed by atoms with van der Waals surface area (Å²) in [6, 6.07) is 5.16. The van der Waals surface area contributed by atoms with Gasteiger partial charge >= 0.3 is 0 Å². The average Bonchev–Trinajstić information content (AvgIpc) is 2.45. The molecule has 1 aliphatic rings. The molecule has 5 heteroatoms. The van der Waals surface area contributed by atoms with E-state index in [-0.39, 0.29) is 11.1 Å². The fourth-order valence-corrected chi connectivity index (χ4v) is 3.22. The van der Waals surface area contributed by atoms with Crippen LogP contribution in [0.2, 0.25) is 5.02 Å². The van der Waals surface area contributed by atoms with Gasteiger partial charge in [0.05, 0.1) is 17.4 Å². The first-order valence-corrected chi connectivity index (χ1v) is 7.87. The number of nitrogens with zero attached hydrogens (tertiary/aromatic N) is 1. The number of halogens is 1. The molecule has 112 valence electrons. The minimum absolute atomic E-state index is 0.109. The van der Waals surface area contributed by atoms with Gasteiger partial charge in [-0.2, -0.15) is 0 Å². The van der Waals surface area contributed by atoms with E-state index in [0.717, 1.165) is 0 Å². The molecule has 1 aromatic carbocycles. The number of aromatic nitrogens is 2. The number of benzene rings is 1. The molecule has 0 unspecified atom stereocenters. The maximum absolute atomic E-state index is 12.1. The molecule has 1 heterocycles. The third kappa shape index (κ3) is 3.27. The van der Waals surface area contributed by atoms with Gasteiger partial charge in [0.1, 0.15) is 5.82 Å². The monoisotopic (exact) mass is 305 g/mol. The largest absolute Gasteiger partial charge is 0.309 e. The van der Waals surface area contributed by atoms with Crippen LogP contribution in [0.1, 0.15) is 44.9 Å². The lowest BCUT2D eigenvalue weighted by atomic mass is 9.83. The predicted molar refractivity (Wildman–Crippen MR) is 85.7 cm³/mol. The van der Waals surface area contributed by atoms with Gasteiger partial charge < -0.3 is 10.3 Å². The molecule has 0 amide bonds. The van der Waals surface area contributed by atoms with Gasteiger partial charge in [-0.25, -0.2) is 4.98 Å². The lowest BCUT2D eigenvalue weighted by molar-refractivity contribution is 0.250. The van der Waals surface area contributed by atoms with Gasteiger partial charge in [-0.05, 0) is 38.0 Å². The van der Waals surface area contributed by atoms with E-state index < -0.39 is 0 Å². The summed E-state index contributed by atoms with van der Waals surface area (Å²) in [6.45, 7) is 2.83. The highest BCUT2D eigenvalue weighted by molar-refractivity contribution is 6.31. The van der Waals surface area contributed by atoms with E-state index in [1.54, 1.807) is 18.2 Å². The standard InChI is InChI=1S/C16H20ClN3O/c1-16(7-3-2-4-8-16)18-10-14-19-13-9-11(17)5-6-12(13)15(21)20-14/h5-6,9,18H,2-4,7-8,10H2,1H3,(H,19,20,21). The normalized spacial score (nSPS) is 18.0. The molecule has 4 nitrogen and oxygen atoms in total. The van der Waals surface area contributed by atoms with Crippen molar-refractivity contribution in [3.05, 3.63) is 39.4 Å². The van der Waals surface area contributed by atoms with Gasteiger partial charge in [0.2, 0.25) is 0 Å². The Balaban J connectivity index is 1.82. The topological polar surface area (TPSA) is 57.8 Å². The van der Waals surface area contributed by atoms with E-state index in [9.17, 15) is 4.79 Å². The number of aromatic amines is 1. The highest BCUT2D eigenvalue weighted by atomic mass is 35.5. The Labute approximate surface area is 128 Å². The number of fused-ring (bicyclic) bond motifs is 1. The molecule has 1 aromatic heterocycles. The summed E-state index contributed by atoms with van der Waals surface area (Å²) in [5.74, 6) is 0.668. The minimum atomic E-state index is -0.109. The third-order valence-corrected chi connectivity index (χ3v) is 4.59.